The number of imide groups is 1. The lowest BCUT2D eigenvalue weighted by atomic mass is 9.81. The molecule has 2 amide bonds. The molecule has 4 nitrogen and oxygen atoms in total. The van der Waals surface area contributed by atoms with Crippen LogP contribution in [0.25, 0.3) is 0 Å². The molecule has 100 valence electrons. The third kappa shape index (κ3) is 1.91. The smallest absolute Gasteiger partial charge is 0.237 e. The van der Waals surface area contributed by atoms with Crippen LogP contribution < -0.4 is 4.90 Å². The van der Waals surface area contributed by atoms with E-state index in [0.717, 1.165) is 30.6 Å². The van der Waals surface area contributed by atoms with E-state index in [1.54, 1.807) is 0 Å². The number of hydrogen-bond acceptors (Lipinski definition) is 3. The summed E-state index contributed by atoms with van der Waals surface area (Å²) in [6.07, 6.45) is 3.48. The molecule has 2 fully saturated rings. The quantitative estimate of drug-likeness (QED) is 0.804. The van der Waals surface area contributed by atoms with E-state index < -0.39 is 0 Å². The number of carbonyl (C=O) groups is 2. The molecule has 0 bridgehead atoms. The van der Waals surface area contributed by atoms with Crippen LogP contribution in [-0.4, -0.2) is 16.9 Å². The third-order valence-electron chi connectivity index (χ3n) is 4.02. The Hall–Kier alpha value is -1.55. The van der Waals surface area contributed by atoms with Crippen LogP contribution in [0.15, 0.2) is 18.2 Å². The number of nitrogens with zero attached hydrogens (tertiary/aromatic N) is 1. The third-order valence-corrected chi connectivity index (χ3v) is 4.25. The molecule has 1 aromatic rings. The van der Waals surface area contributed by atoms with Gasteiger partial charge in [-0.1, -0.05) is 24.4 Å². The molecule has 1 heterocycles. The number of hydrogen-bond donors (Lipinski definition) is 1. The van der Waals surface area contributed by atoms with Crippen molar-refractivity contribution in [2.75, 3.05) is 4.90 Å². The Morgan fingerprint density at radius 3 is 2.26 bits per heavy atom. The predicted molar refractivity (Wildman–Crippen MR) is 71.1 cm³/mol. The van der Waals surface area contributed by atoms with Crippen LogP contribution in [0.5, 0.6) is 5.75 Å². The predicted octanol–water partition coefficient (Wildman–Crippen LogP) is 2.73. The Morgan fingerprint density at radius 1 is 1.11 bits per heavy atom. The molecule has 2 aliphatic rings. The van der Waals surface area contributed by atoms with Crippen molar-refractivity contribution >= 4 is 29.1 Å². The second-order valence-electron chi connectivity index (χ2n) is 5.14. The number of phenolic OH excluding ortho intramolecular Hbond substituents is 1. The van der Waals surface area contributed by atoms with Crippen LogP contribution in [0.2, 0.25) is 5.02 Å². The lowest BCUT2D eigenvalue weighted by molar-refractivity contribution is -0.122. The number of rotatable bonds is 1. The topological polar surface area (TPSA) is 57.6 Å². The van der Waals surface area contributed by atoms with Gasteiger partial charge in [-0.2, -0.15) is 0 Å². The largest absolute Gasteiger partial charge is 0.506 e. The summed E-state index contributed by atoms with van der Waals surface area (Å²) in [7, 11) is 0. The summed E-state index contributed by atoms with van der Waals surface area (Å²) in [6, 6.07) is 4.39. The fourth-order valence-electron chi connectivity index (χ4n) is 3.08. The van der Waals surface area contributed by atoms with Crippen molar-refractivity contribution in [3.05, 3.63) is 23.2 Å². The van der Waals surface area contributed by atoms with Gasteiger partial charge in [0.15, 0.2) is 0 Å². The Kier molecular flexibility index (Phi) is 2.97. The second kappa shape index (κ2) is 4.53. The number of aromatic hydroxyl groups is 1. The van der Waals surface area contributed by atoms with E-state index in [4.69, 9.17) is 11.6 Å². The molecule has 2 atom stereocenters. The molecule has 0 radical (unpaired) electrons. The van der Waals surface area contributed by atoms with Gasteiger partial charge in [0.25, 0.3) is 0 Å². The average molecular weight is 280 g/mol. The van der Waals surface area contributed by atoms with Crippen LogP contribution in [0, 0.1) is 11.8 Å². The van der Waals surface area contributed by atoms with Gasteiger partial charge in [-0.3, -0.25) is 9.59 Å². The Morgan fingerprint density at radius 2 is 1.68 bits per heavy atom. The molecule has 1 aliphatic heterocycles. The van der Waals surface area contributed by atoms with Crippen molar-refractivity contribution in [1.82, 2.24) is 0 Å². The van der Waals surface area contributed by atoms with Gasteiger partial charge in [-0.15, -0.1) is 0 Å². The van der Waals surface area contributed by atoms with Gasteiger partial charge in [0.05, 0.1) is 17.5 Å². The molecule has 3 rings (SSSR count). The molecule has 1 saturated carbocycles. The highest BCUT2D eigenvalue weighted by molar-refractivity contribution is 6.31. The molecule has 5 heteroatoms. The lowest BCUT2D eigenvalue weighted by Crippen LogP contribution is -2.30. The summed E-state index contributed by atoms with van der Waals surface area (Å²) in [4.78, 5) is 25.8. The maximum absolute atomic E-state index is 12.4. The van der Waals surface area contributed by atoms with Gasteiger partial charge in [0, 0.05) is 5.02 Å². The zero-order chi connectivity index (χ0) is 13.6. The van der Waals surface area contributed by atoms with E-state index in [2.05, 4.69) is 0 Å². The highest BCUT2D eigenvalue weighted by atomic mass is 35.5. The molecule has 1 saturated heterocycles. The van der Waals surface area contributed by atoms with E-state index >= 15 is 0 Å². The molecule has 1 aliphatic carbocycles. The van der Waals surface area contributed by atoms with Gasteiger partial charge < -0.3 is 5.11 Å². The zero-order valence-corrected chi connectivity index (χ0v) is 11.1. The first kappa shape index (κ1) is 12.5. The number of phenols is 1. The molecule has 1 N–H and O–H groups in total. The second-order valence-corrected chi connectivity index (χ2v) is 5.58. The number of anilines is 1. The first-order valence-corrected chi connectivity index (χ1v) is 6.83. The maximum Gasteiger partial charge on any atom is 0.237 e. The summed E-state index contributed by atoms with van der Waals surface area (Å²) in [5, 5.41) is 10.3. The summed E-state index contributed by atoms with van der Waals surface area (Å²) in [5.41, 5.74) is 0.205. The molecule has 1 aromatic carbocycles. The van der Waals surface area contributed by atoms with E-state index in [0.29, 0.717) is 5.02 Å². The SMILES string of the molecule is O=C1[C@H]2CCCC[C@@H]2C(=O)N1c1cc(Cl)ccc1O. The minimum atomic E-state index is -0.223. The minimum absolute atomic E-state index is 0.0928. The maximum atomic E-state index is 12.4. The Bertz CT molecular complexity index is 534. The standard InChI is InChI=1S/C14H14ClNO3/c15-8-5-6-12(17)11(7-8)16-13(18)9-3-1-2-4-10(9)14(16)19/h5-7,9-10,17H,1-4H2/t9-,10-/m0/s1. The normalized spacial score (nSPS) is 26.7. The number of halogens is 1. The van der Waals surface area contributed by atoms with Crippen molar-refractivity contribution < 1.29 is 14.7 Å². The van der Waals surface area contributed by atoms with Crippen molar-refractivity contribution in [2.24, 2.45) is 11.8 Å². The molecule has 0 aromatic heterocycles. The monoisotopic (exact) mass is 279 g/mol. The Balaban J connectivity index is 2.03. The fourth-order valence-corrected chi connectivity index (χ4v) is 3.24. The van der Waals surface area contributed by atoms with Gasteiger partial charge in [0.1, 0.15) is 5.75 Å². The van der Waals surface area contributed by atoms with Crippen molar-refractivity contribution in [2.45, 2.75) is 25.7 Å². The lowest BCUT2D eigenvalue weighted by Gasteiger charge is -2.19. The number of amides is 2. The van der Waals surface area contributed by atoms with Crippen LogP contribution >= 0.6 is 11.6 Å². The average Bonchev–Trinajstić information content (AvgIpc) is 2.66. The van der Waals surface area contributed by atoms with Crippen LogP contribution in [0.4, 0.5) is 5.69 Å². The van der Waals surface area contributed by atoms with Crippen molar-refractivity contribution in [3.63, 3.8) is 0 Å². The Labute approximate surface area is 116 Å². The highest BCUT2D eigenvalue weighted by Crippen LogP contribution is 2.42. The van der Waals surface area contributed by atoms with Gasteiger partial charge in [-0.05, 0) is 31.0 Å². The zero-order valence-electron chi connectivity index (χ0n) is 10.3. The number of carbonyl (C=O) groups excluding carboxylic acids is 2. The van der Waals surface area contributed by atoms with E-state index in [1.807, 2.05) is 0 Å². The number of fused-ring (bicyclic) bond motifs is 1. The molecular weight excluding hydrogens is 266 g/mol. The van der Waals surface area contributed by atoms with Crippen molar-refractivity contribution in [1.29, 1.82) is 0 Å². The van der Waals surface area contributed by atoms with Gasteiger partial charge >= 0.3 is 0 Å². The molecular formula is C14H14ClNO3. The molecule has 0 spiro atoms. The molecule has 0 unspecified atom stereocenters. The summed E-state index contributed by atoms with van der Waals surface area (Å²) in [6.45, 7) is 0. The van der Waals surface area contributed by atoms with Gasteiger partial charge in [-0.25, -0.2) is 4.90 Å². The van der Waals surface area contributed by atoms with Crippen LogP contribution in [0.1, 0.15) is 25.7 Å². The first-order chi connectivity index (χ1) is 9.09. The van der Waals surface area contributed by atoms with Gasteiger partial charge in [0.2, 0.25) is 11.8 Å². The number of benzene rings is 1. The van der Waals surface area contributed by atoms with E-state index in [-0.39, 0.29) is 35.1 Å². The fraction of sp³-hybridized carbons (Fsp3) is 0.429. The summed E-state index contributed by atoms with van der Waals surface area (Å²) < 4.78 is 0. The van der Waals surface area contributed by atoms with E-state index in [9.17, 15) is 14.7 Å². The molecule has 19 heavy (non-hydrogen) atoms. The highest BCUT2D eigenvalue weighted by Gasteiger charge is 2.49. The minimum Gasteiger partial charge on any atom is -0.506 e. The van der Waals surface area contributed by atoms with E-state index in [1.165, 1.54) is 18.2 Å². The van der Waals surface area contributed by atoms with Crippen LogP contribution in [-0.2, 0) is 9.59 Å². The summed E-state index contributed by atoms with van der Waals surface area (Å²) in [5.74, 6) is -0.941. The summed E-state index contributed by atoms with van der Waals surface area (Å²) >= 11 is 5.88. The van der Waals surface area contributed by atoms with Crippen LogP contribution in [0.3, 0.4) is 0 Å². The first-order valence-electron chi connectivity index (χ1n) is 6.46. The van der Waals surface area contributed by atoms with Crippen molar-refractivity contribution in [3.8, 4) is 5.75 Å².